The van der Waals surface area contributed by atoms with Gasteiger partial charge in [0.15, 0.2) is 0 Å². The van der Waals surface area contributed by atoms with Crippen LogP contribution in [0.5, 0.6) is 0 Å². The van der Waals surface area contributed by atoms with Crippen LogP contribution in [0, 0.1) is 0 Å². The van der Waals surface area contributed by atoms with Crippen LogP contribution in [0.1, 0.15) is 12.0 Å². The fourth-order valence-electron chi connectivity index (χ4n) is 1.80. The van der Waals surface area contributed by atoms with Crippen molar-refractivity contribution in [3.8, 4) is 0 Å². The number of hydrogen-bond acceptors (Lipinski definition) is 2. The second kappa shape index (κ2) is 7.24. The number of rotatable bonds is 6. The molecule has 0 aliphatic heterocycles. The van der Waals surface area contributed by atoms with Crippen molar-refractivity contribution >= 4 is 11.8 Å². The second-order valence-corrected chi connectivity index (χ2v) is 5.35. The van der Waals surface area contributed by atoms with E-state index < -0.39 is 0 Å². The smallest absolute Gasteiger partial charge is 0.107 e. The van der Waals surface area contributed by atoms with Gasteiger partial charge in [0.05, 0.1) is 0 Å². The van der Waals surface area contributed by atoms with Crippen LogP contribution >= 0.6 is 11.8 Å². The maximum absolute atomic E-state index is 5.54. The Balaban J connectivity index is 1.86. The van der Waals surface area contributed by atoms with Crippen LogP contribution in [-0.2, 0) is 11.2 Å². The van der Waals surface area contributed by atoms with E-state index in [0.29, 0.717) is 0 Å². The van der Waals surface area contributed by atoms with Crippen LogP contribution < -0.4 is 0 Å². The van der Waals surface area contributed by atoms with Gasteiger partial charge in [0.1, 0.15) is 5.44 Å². The number of aryl methyl sites for hydroxylation is 1. The van der Waals surface area contributed by atoms with Crippen LogP contribution in [0.2, 0.25) is 0 Å². The summed E-state index contributed by atoms with van der Waals surface area (Å²) in [6.07, 6.45) is 2.08. The van der Waals surface area contributed by atoms with Gasteiger partial charge in [-0.1, -0.05) is 60.3 Å². The molecule has 2 rings (SSSR count). The molecule has 0 N–H and O–H groups in total. The molecule has 1 unspecified atom stereocenters. The van der Waals surface area contributed by atoms with E-state index in [1.807, 2.05) is 6.07 Å². The predicted molar refractivity (Wildman–Crippen MR) is 77.9 cm³/mol. The van der Waals surface area contributed by atoms with Gasteiger partial charge in [-0.3, -0.25) is 0 Å². The first-order valence-electron chi connectivity index (χ1n) is 6.17. The number of ether oxygens (including phenoxy) is 1. The molecule has 1 atom stereocenters. The molecule has 0 amide bonds. The molecule has 0 saturated heterocycles. The Hall–Kier alpha value is -1.25. The first-order valence-corrected chi connectivity index (χ1v) is 7.05. The number of benzene rings is 2. The molecule has 2 aromatic carbocycles. The van der Waals surface area contributed by atoms with Crippen molar-refractivity contribution < 1.29 is 4.74 Å². The molecule has 1 nitrogen and oxygen atoms in total. The molecule has 0 fully saturated rings. The van der Waals surface area contributed by atoms with E-state index in [1.165, 1.54) is 10.5 Å². The van der Waals surface area contributed by atoms with E-state index in [1.54, 1.807) is 18.9 Å². The van der Waals surface area contributed by atoms with Gasteiger partial charge < -0.3 is 4.74 Å². The highest BCUT2D eigenvalue weighted by atomic mass is 32.2. The van der Waals surface area contributed by atoms with E-state index in [0.717, 1.165) is 12.8 Å². The maximum Gasteiger partial charge on any atom is 0.107 e. The van der Waals surface area contributed by atoms with Gasteiger partial charge in [0.2, 0.25) is 0 Å². The second-order valence-electron chi connectivity index (χ2n) is 4.12. The molecule has 0 aromatic heterocycles. The third kappa shape index (κ3) is 4.21. The van der Waals surface area contributed by atoms with E-state index in [2.05, 4.69) is 54.6 Å². The van der Waals surface area contributed by atoms with Gasteiger partial charge in [-0.05, 0) is 30.5 Å². The summed E-state index contributed by atoms with van der Waals surface area (Å²) >= 11 is 1.79. The molecule has 18 heavy (non-hydrogen) atoms. The Morgan fingerprint density at radius 2 is 1.56 bits per heavy atom. The lowest BCUT2D eigenvalue weighted by molar-refractivity contribution is 0.166. The summed E-state index contributed by atoms with van der Waals surface area (Å²) < 4.78 is 5.54. The normalized spacial score (nSPS) is 12.3. The summed E-state index contributed by atoms with van der Waals surface area (Å²) in [7, 11) is 1.78. The van der Waals surface area contributed by atoms with Crippen LogP contribution in [0.15, 0.2) is 65.6 Å². The third-order valence-electron chi connectivity index (χ3n) is 2.79. The number of methoxy groups -OCH3 is 1. The van der Waals surface area contributed by atoms with Gasteiger partial charge >= 0.3 is 0 Å². The van der Waals surface area contributed by atoms with Crippen LogP contribution in [0.3, 0.4) is 0 Å². The molecule has 0 heterocycles. The van der Waals surface area contributed by atoms with Crippen LogP contribution in [0.25, 0.3) is 0 Å². The van der Waals surface area contributed by atoms with Gasteiger partial charge in [-0.2, -0.15) is 0 Å². The molecule has 94 valence electrons. The average Bonchev–Trinajstić information content (AvgIpc) is 2.45. The first kappa shape index (κ1) is 13.2. The first-order chi connectivity index (χ1) is 8.88. The summed E-state index contributed by atoms with van der Waals surface area (Å²) in [5.74, 6) is 0. The minimum Gasteiger partial charge on any atom is -0.370 e. The van der Waals surface area contributed by atoms with Crippen molar-refractivity contribution in [2.75, 3.05) is 7.11 Å². The van der Waals surface area contributed by atoms with Gasteiger partial charge in [-0.25, -0.2) is 0 Å². The zero-order chi connectivity index (χ0) is 12.6. The third-order valence-corrected chi connectivity index (χ3v) is 4.02. The summed E-state index contributed by atoms with van der Waals surface area (Å²) in [6, 6.07) is 21.0. The molecule has 0 bridgehead atoms. The number of hydrogen-bond donors (Lipinski definition) is 0. The van der Waals surface area contributed by atoms with E-state index in [9.17, 15) is 0 Å². The predicted octanol–water partition coefficient (Wildman–Crippen LogP) is 4.38. The average molecular weight is 258 g/mol. The Labute approximate surface area is 113 Å². The van der Waals surface area contributed by atoms with Crippen LogP contribution in [0.4, 0.5) is 0 Å². The minimum absolute atomic E-state index is 0.215. The summed E-state index contributed by atoms with van der Waals surface area (Å²) in [5.41, 5.74) is 1.58. The molecule has 0 radical (unpaired) electrons. The van der Waals surface area contributed by atoms with Crippen molar-refractivity contribution in [2.24, 2.45) is 0 Å². The van der Waals surface area contributed by atoms with Crippen molar-refractivity contribution in [3.63, 3.8) is 0 Å². The van der Waals surface area contributed by atoms with Crippen molar-refractivity contribution in [2.45, 2.75) is 23.2 Å². The summed E-state index contributed by atoms with van der Waals surface area (Å²) in [4.78, 5) is 1.26. The van der Waals surface area contributed by atoms with Crippen molar-refractivity contribution in [3.05, 3.63) is 66.2 Å². The zero-order valence-corrected chi connectivity index (χ0v) is 11.4. The van der Waals surface area contributed by atoms with Crippen LogP contribution in [-0.4, -0.2) is 12.5 Å². The Morgan fingerprint density at radius 1 is 0.944 bits per heavy atom. The summed E-state index contributed by atoms with van der Waals surface area (Å²) in [5, 5.41) is 0. The van der Waals surface area contributed by atoms with Gasteiger partial charge in [0.25, 0.3) is 0 Å². The SMILES string of the molecule is COC(CCc1ccccc1)Sc1ccccc1. The summed E-state index contributed by atoms with van der Waals surface area (Å²) in [6.45, 7) is 0. The molecular formula is C16H18OS. The number of thioether (sulfide) groups is 1. The largest absolute Gasteiger partial charge is 0.370 e. The Morgan fingerprint density at radius 3 is 2.17 bits per heavy atom. The molecule has 0 aliphatic rings. The van der Waals surface area contributed by atoms with E-state index >= 15 is 0 Å². The van der Waals surface area contributed by atoms with Gasteiger partial charge in [0, 0.05) is 12.0 Å². The lowest BCUT2D eigenvalue weighted by Crippen LogP contribution is -2.06. The fourth-order valence-corrected chi connectivity index (χ4v) is 2.75. The topological polar surface area (TPSA) is 9.23 Å². The Kier molecular flexibility index (Phi) is 5.31. The zero-order valence-electron chi connectivity index (χ0n) is 10.6. The quantitative estimate of drug-likeness (QED) is 0.561. The van der Waals surface area contributed by atoms with Gasteiger partial charge in [-0.15, -0.1) is 0 Å². The lowest BCUT2D eigenvalue weighted by Gasteiger charge is -2.14. The highest BCUT2D eigenvalue weighted by molar-refractivity contribution is 7.99. The molecule has 0 saturated carbocycles. The molecular weight excluding hydrogens is 240 g/mol. The van der Waals surface area contributed by atoms with Crippen molar-refractivity contribution in [1.82, 2.24) is 0 Å². The van der Waals surface area contributed by atoms with E-state index in [4.69, 9.17) is 4.74 Å². The fraction of sp³-hybridized carbons (Fsp3) is 0.250. The minimum atomic E-state index is 0.215. The van der Waals surface area contributed by atoms with Crippen molar-refractivity contribution in [1.29, 1.82) is 0 Å². The molecule has 0 aliphatic carbocycles. The lowest BCUT2D eigenvalue weighted by atomic mass is 10.1. The highest BCUT2D eigenvalue weighted by Crippen LogP contribution is 2.26. The van der Waals surface area contributed by atoms with E-state index in [-0.39, 0.29) is 5.44 Å². The maximum atomic E-state index is 5.54. The molecule has 2 heteroatoms. The Bertz CT molecular complexity index is 441. The molecule has 2 aromatic rings. The highest BCUT2D eigenvalue weighted by Gasteiger charge is 2.09. The molecule has 0 spiro atoms. The standard InChI is InChI=1S/C16H18OS/c1-17-16(18-15-10-6-3-7-11-15)13-12-14-8-4-2-5-9-14/h2-11,16H,12-13H2,1H3. The monoisotopic (exact) mass is 258 g/mol.